The number of thioether (sulfide) groups is 1. The van der Waals surface area contributed by atoms with Gasteiger partial charge in [-0.3, -0.25) is 0 Å². The van der Waals surface area contributed by atoms with Crippen LogP contribution in [0.2, 0.25) is 5.02 Å². The summed E-state index contributed by atoms with van der Waals surface area (Å²) < 4.78 is 16.1. The fourth-order valence-electron chi connectivity index (χ4n) is 2.06. The van der Waals surface area contributed by atoms with Crippen molar-refractivity contribution in [3.8, 4) is 23.0 Å². The summed E-state index contributed by atoms with van der Waals surface area (Å²) in [6.45, 7) is 0. The number of furan rings is 1. The summed E-state index contributed by atoms with van der Waals surface area (Å²) in [6, 6.07) is 12.7. The molecule has 120 valence electrons. The van der Waals surface area contributed by atoms with E-state index in [4.69, 9.17) is 25.0 Å². The van der Waals surface area contributed by atoms with Gasteiger partial charge in [0.15, 0.2) is 5.76 Å². The highest BCUT2D eigenvalue weighted by Crippen LogP contribution is 2.28. The lowest BCUT2D eigenvalue weighted by Crippen LogP contribution is -1.79. The molecule has 8 heteroatoms. The summed E-state index contributed by atoms with van der Waals surface area (Å²) in [7, 11) is 0. The van der Waals surface area contributed by atoms with E-state index in [1.807, 2.05) is 24.3 Å². The van der Waals surface area contributed by atoms with Gasteiger partial charge in [0, 0.05) is 22.4 Å². The van der Waals surface area contributed by atoms with Crippen molar-refractivity contribution in [2.24, 2.45) is 0 Å². The molecular formula is C16H10ClN3O3S. The second kappa shape index (κ2) is 6.54. The second-order valence-corrected chi connectivity index (χ2v) is 6.19. The van der Waals surface area contributed by atoms with Crippen LogP contribution in [0.25, 0.3) is 23.0 Å². The first-order valence-electron chi connectivity index (χ1n) is 6.99. The van der Waals surface area contributed by atoms with Crippen molar-refractivity contribution in [3.05, 3.63) is 59.4 Å². The first-order valence-corrected chi connectivity index (χ1v) is 8.36. The molecule has 1 aromatic carbocycles. The molecule has 3 heterocycles. The molecule has 0 aliphatic heterocycles. The number of benzene rings is 1. The van der Waals surface area contributed by atoms with E-state index in [1.54, 1.807) is 24.5 Å². The van der Waals surface area contributed by atoms with Crippen molar-refractivity contribution in [1.29, 1.82) is 0 Å². The molecule has 4 aromatic rings. The fourth-order valence-corrected chi connectivity index (χ4v) is 2.89. The van der Waals surface area contributed by atoms with Crippen LogP contribution in [-0.2, 0) is 5.75 Å². The number of halogens is 1. The summed E-state index contributed by atoms with van der Waals surface area (Å²) >= 11 is 7.34. The highest BCUT2D eigenvalue weighted by molar-refractivity contribution is 7.98. The maximum atomic E-state index is 5.97. The topological polar surface area (TPSA) is 78.1 Å². The number of hydrogen-bond acceptors (Lipinski definition) is 7. The molecule has 0 atom stereocenters. The highest BCUT2D eigenvalue weighted by atomic mass is 35.5. The van der Waals surface area contributed by atoms with Gasteiger partial charge < -0.3 is 13.4 Å². The van der Waals surface area contributed by atoms with Gasteiger partial charge in [-0.2, -0.15) is 0 Å². The average molecular weight is 360 g/mol. The standard InChI is InChI=1S/C16H10ClN3O3S/c17-11-4-1-3-10(7-11)15-18-19-16(22-15)24-9-12-8-14(23-20-12)13-5-2-6-21-13/h1-8H,9H2. The van der Waals surface area contributed by atoms with Crippen LogP contribution in [0.5, 0.6) is 0 Å². The van der Waals surface area contributed by atoms with Crippen molar-refractivity contribution < 1.29 is 13.4 Å². The van der Waals surface area contributed by atoms with Crippen molar-refractivity contribution in [3.63, 3.8) is 0 Å². The highest BCUT2D eigenvalue weighted by Gasteiger charge is 2.13. The zero-order valence-corrected chi connectivity index (χ0v) is 13.8. The van der Waals surface area contributed by atoms with E-state index < -0.39 is 0 Å². The molecule has 0 N–H and O–H groups in total. The van der Waals surface area contributed by atoms with E-state index in [2.05, 4.69) is 15.4 Å². The van der Waals surface area contributed by atoms with Crippen LogP contribution in [0.1, 0.15) is 5.69 Å². The lowest BCUT2D eigenvalue weighted by Gasteiger charge is -1.94. The molecule has 0 fully saturated rings. The predicted molar refractivity (Wildman–Crippen MR) is 88.5 cm³/mol. The van der Waals surface area contributed by atoms with Crippen LogP contribution in [-0.4, -0.2) is 15.4 Å². The third kappa shape index (κ3) is 3.22. The van der Waals surface area contributed by atoms with Gasteiger partial charge >= 0.3 is 0 Å². The smallest absolute Gasteiger partial charge is 0.277 e. The van der Waals surface area contributed by atoms with Crippen molar-refractivity contribution in [2.45, 2.75) is 11.0 Å². The Morgan fingerprint density at radius 2 is 2.00 bits per heavy atom. The molecule has 6 nitrogen and oxygen atoms in total. The maximum absolute atomic E-state index is 5.97. The van der Waals surface area contributed by atoms with Crippen LogP contribution in [0.15, 0.2) is 67.3 Å². The molecule has 0 spiro atoms. The van der Waals surface area contributed by atoms with E-state index in [0.717, 1.165) is 11.3 Å². The monoisotopic (exact) mass is 359 g/mol. The minimum absolute atomic E-state index is 0.427. The minimum Gasteiger partial charge on any atom is -0.461 e. The molecule has 0 saturated carbocycles. The first-order chi connectivity index (χ1) is 11.8. The van der Waals surface area contributed by atoms with Crippen LogP contribution in [0, 0.1) is 0 Å². The predicted octanol–water partition coefficient (Wildman–Crippen LogP) is 4.93. The van der Waals surface area contributed by atoms with Gasteiger partial charge in [0.2, 0.25) is 11.7 Å². The molecular weight excluding hydrogens is 350 g/mol. The summed E-state index contributed by atoms with van der Waals surface area (Å²) in [5, 5.41) is 13.1. The zero-order chi connectivity index (χ0) is 16.4. The van der Waals surface area contributed by atoms with Crippen LogP contribution < -0.4 is 0 Å². The molecule has 0 aliphatic rings. The molecule has 24 heavy (non-hydrogen) atoms. The molecule has 0 saturated heterocycles. The normalized spacial score (nSPS) is 11.0. The Hall–Kier alpha value is -2.51. The third-order valence-corrected chi connectivity index (χ3v) is 4.23. The van der Waals surface area contributed by atoms with Gasteiger partial charge in [0.25, 0.3) is 5.22 Å². The Balaban J connectivity index is 1.43. The van der Waals surface area contributed by atoms with Crippen LogP contribution in [0.4, 0.5) is 0 Å². The van der Waals surface area contributed by atoms with Gasteiger partial charge in [0.05, 0.1) is 12.0 Å². The van der Waals surface area contributed by atoms with E-state index in [9.17, 15) is 0 Å². The van der Waals surface area contributed by atoms with Crippen molar-refractivity contribution >= 4 is 23.4 Å². The van der Waals surface area contributed by atoms with Crippen LogP contribution >= 0.6 is 23.4 Å². The molecule has 0 radical (unpaired) electrons. The minimum atomic E-state index is 0.427. The summed E-state index contributed by atoms with van der Waals surface area (Å²) in [5.74, 6) is 2.19. The SMILES string of the molecule is Clc1cccc(-c2nnc(SCc3cc(-c4ccco4)on3)o2)c1. The second-order valence-electron chi connectivity index (χ2n) is 4.83. The first kappa shape index (κ1) is 15.0. The molecule has 0 aliphatic carbocycles. The van der Waals surface area contributed by atoms with Crippen molar-refractivity contribution in [2.75, 3.05) is 0 Å². The molecule has 4 rings (SSSR count). The molecule has 0 amide bonds. The van der Waals surface area contributed by atoms with Gasteiger partial charge in [0.1, 0.15) is 0 Å². The Labute approximate surface area is 145 Å². The number of rotatable bonds is 5. The van der Waals surface area contributed by atoms with Gasteiger partial charge in [-0.05, 0) is 30.3 Å². The maximum Gasteiger partial charge on any atom is 0.277 e. The number of hydrogen-bond donors (Lipinski definition) is 0. The van der Waals surface area contributed by atoms with Gasteiger partial charge in [-0.1, -0.05) is 34.6 Å². The third-order valence-electron chi connectivity index (χ3n) is 3.14. The average Bonchev–Trinajstić information content (AvgIpc) is 3.33. The lowest BCUT2D eigenvalue weighted by molar-refractivity contribution is 0.413. The summed E-state index contributed by atoms with van der Waals surface area (Å²) in [5.41, 5.74) is 1.54. The number of aromatic nitrogens is 3. The van der Waals surface area contributed by atoms with Crippen LogP contribution in [0.3, 0.4) is 0 Å². The lowest BCUT2D eigenvalue weighted by atomic mass is 10.2. The summed E-state index contributed by atoms with van der Waals surface area (Å²) in [4.78, 5) is 0. The zero-order valence-electron chi connectivity index (χ0n) is 12.2. The van der Waals surface area contributed by atoms with E-state index in [0.29, 0.717) is 33.4 Å². The Morgan fingerprint density at radius 1 is 1.04 bits per heavy atom. The van der Waals surface area contributed by atoms with E-state index >= 15 is 0 Å². The largest absolute Gasteiger partial charge is 0.461 e. The molecule has 0 unspecified atom stereocenters. The molecule has 3 aromatic heterocycles. The van der Waals surface area contributed by atoms with E-state index in [-0.39, 0.29) is 0 Å². The Morgan fingerprint density at radius 3 is 2.83 bits per heavy atom. The Bertz CT molecular complexity index is 949. The number of nitrogens with zero attached hydrogens (tertiary/aromatic N) is 3. The van der Waals surface area contributed by atoms with E-state index in [1.165, 1.54) is 11.8 Å². The summed E-state index contributed by atoms with van der Waals surface area (Å²) in [6.07, 6.45) is 1.59. The quantitative estimate of drug-likeness (QED) is 0.467. The Kier molecular flexibility index (Phi) is 4.10. The fraction of sp³-hybridized carbons (Fsp3) is 0.0625. The van der Waals surface area contributed by atoms with Gasteiger partial charge in [-0.15, -0.1) is 10.2 Å². The molecule has 0 bridgehead atoms. The van der Waals surface area contributed by atoms with Crippen molar-refractivity contribution in [1.82, 2.24) is 15.4 Å². The van der Waals surface area contributed by atoms with Gasteiger partial charge in [-0.25, -0.2) is 0 Å².